The Balaban J connectivity index is 1.85. The van der Waals surface area contributed by atoms with Crippen LogP contribution in [0.15, 0.2) is 24.3 Å². The molecule has 19 heavy (non-hydrogen) atoms. The highest BCUT2D eigenvalue weighted by Gasteiger charge is 2.16. The molecule has 0 atom stereocenters. The molecule has 0 saturated carbocycles. The summed E-state index contributed by atoms with van der Waals surface area (Å²) in [5.41, 5.74) is 2.52. The summed E-state index contributed by atoms with van der Waals surface area (Å²) in [4.78, 5) is 5.04. The van der Waals surface area contributed by atoms with Crippen LogP contribution in [0.25, 0.3) is 0 Å². The third-order valence-corrected chi connectivity index (χ3v) is 3.81. The van der Waals surface area contributed by atoms with E-state index in [-0.39, 0.29) is 0 Å². The van der Waals surface area contributed by atoms with Gasteiger partial charge in [0.2, 0.25) is 0 Å². The largest absolute Gasteiger partial charge is 0.384 e. The first-order valence-electron chi connectivity index (χ1n) is 7.25. The standard InChI is InChI=1S/C15H25N3S/c1-2-8-17-9-11-18(12-10-17)15-5-3-14(4-6-15)16-7-13-19/h3-6,16,19H,2,7-13H2,1H3. The predicted molar refractivity (Wildman–Crippen MR) is 87.7 cm³/mol. The smallest absolute Gasteiger partial charge is 0.0368 e. The highest BCUT2D eigenvalue weighted by Crippen LogP contribution is 2.19. The number of hydrogen-bond acceptors (Lipinski definition) is 4. The van der Waals surface area contributed by atoms with Gasteiger partial charge < -0.3 is 10.2 Å². The van der Waals surface area contributed by atoms with Crippen molar-refractivity contribution in [1.82, 2.24) is 4.90 Å². The maximum Gasteiger partial charge on any atom is 0.0368 e. The van der Waals surface area contributed by atoms with Crippen LogP contribution in [0.4, 0.5) is 11.4 Å². The van der Waals surface area contributed by atoms with Crippen molar-refractivity contribution in [2.45, 2.75) is 13.3 Å². The lowest BCUT2D eigenvalue weighted by Crippen LogP contribution is -2.46. The van der Waals surface area contributed by atoms with E-state index >= 15 is 0 Å². The molecule has 0 amide bonds. The van der Waals surface area contributed by atoms with Gasteiger partial charge in [-0.15, -0.1) is 0 Å². The van der Waals surface area contributed by atoms with Crippen LogP contribution in [-0.2, 0) is 0 Å². The molecule has 0 aliphatic carbocycles. The van der Waals surface area contributed by atoms with Gasteiger partial charge in [0.1, 0.15) is 0 Å². The Morgan fingerprint density at radius 3 is 2.37 bits per heavy atom. The first kappa shape index (κ1) is 14.5. The fourth-order valence-corrected chi connectivity index (χ4v) is 2.65. The summed E-state index contributed by atoms with van der Waals surface area (Å²) in [5.74, 6) is 0.862. The van der Waals surface area contributed by atoms with Crippen molar-refractivity contribution in [2.75, 3.05) is 55.2 Å². The van der Waals surface area contributed by atoms with Crippen LogP contribution in [0.5, 0.6) is 0 Å². The SMILES string of the molecule is CCCN1CCN(c2ccc(NCCS)cc2)CC1. The summed E-state index contributed by atoms with van der Waals surface area (Å²) < 4.78 is 0. The van der Waals surface area contributed by atoms with E-state index in [1.54, 1.807) is 0 Å². The number of thiol groups is 1. The Labute approximate surface area is 122 Å². The maximum absolute atomic E-state index is 4.20. The lowest BCUT2D eigenvalue weighted by atomic mass is 10.2. The first-order chi connectivity index (χ1) is 9.33. The second kappa shape index (κ2) is 7.65. The fraction of sp³-hybridized carbons (Fsp3) is 0.600. The second-order valence-electron chi connectivity index (χ2n) is 5.03. The van der Waals surface area contributed by atoms with E-state index in [2.05, 4.69) is 58.9 Å². The van der Waals surface area contributed by atoms with Crippen molar-refractivity contribution >= 4 is 24.0 Å². The van der Waals surface area contributed by atoms with Crippen LogP contribution < -0.4 is 10.2 Å². The van der Waals surface area contributed by atoms with Crippen LogP contribution >= 0.6 is 12.6 Å². The molecule has 1 N–H and O–H groups in total. The lowest BCUT2D eigenvalue weighted by molar-refractivity contribution is 0.258. The van der Waals surface area contributed by atoms with Crippen molar-refractivity contribution in [1.29, 1.82) is 0 Å². The highest BCUT2D eigenvalue weighted by molar-refractivity contribution is 7.80. The number of anilines is 2. The summed E-state index contributed by atoms with van der Waals surface area (Å²) in [7, 11) is 0. The molecule has 1 aromatic rings. The van der Waals surface area contributed by atoms with Gasteiger partial charge in [0.05, 0.1) is 0 Å². The Kier molecular flexibility index (Phi) is 5.86. The van der Waals surface area contributed by atoms with Crippen molar-refractivity contribution in [3.63, 3.8) is 0 Å². The number of nitrogens with one attached hydrogen (secondary N) is 1. The van der Waals surface area contributed by atoms with Gasteiger partial charge in [0, 0.05) is 49.9 Å². The van der Waals surface area contributed by atoms with Gasteiger partial charge in [0.15, 0.2) is 0 Å². The minimum Gasteiger partial charge on any atom is -0.384 e. The average molecular weight is 279 g/mol. The van der Waals surface area contributed by atoms with E-state index in [0.29, 0.717) is 0 Å². The quantitative estimate of drug-likeness (QED) is 0.780. The van der Waals surface area contributed by atoms with E-state index in [9.17, 15) is 0 Å². The van der Waals surface area contributed by atoms with Crippen molar-refractivity contribution in [2.24, 2.45) is 0 Å². The minimum atomic E-state index is 0.862. The zero-order valence-corrected chi connectivity index (χ0v) is 12.7. The normalized spacial score (nSPS) is 16.6. The molecule has 3 nitrogen and oxygen atoms in total. The Morgan fingerprint density at radius 1 is 1.11 bits per heavy atom. The minimum absolute atomic E-state index is 0.862. The van der Waals surface area contributed by atoms with E-state index in [1.807, 2.05) is 0 Å². The summed E-state index contributed by atoms with van der Waals surface area (Å²) in [6.45, 7) is 9.06. The van der Waals surface area contributed by atoms with Gasteiger partial charge in [0.25, 0.3) is 0 Å². The molecule has 1 aliphatic rings. The second-order valence-corrected chi connectivity index (χ2v) is 5.47. The van der Waals surface area contributed by atoms with E-state index in [0.717, 1.165) is 25.4 Å². The molecule has 0 bridgehead atoms. The molecule has 1 aliphatic heterocycles. The van der Waals surface area contributed by atoms with Crippen LogP contribution in [0.2, 0.25) is 0 Å². The van der Waals surface area contributed by atoms with E-state index in [1.165, 1.54) is 37.4 Å². The van der Waals surface area contributed by atoms with Gasteiger partial charge in [-0.2, -0.15) is 12.6 Å². The van der Waals surface area contributed by atoms with Gasteiger partial charge >= 0.3 is 0 Å². The number of rotatable bonds is 6. The molecule has 0 radical (unpaired) electrons. The van der Waals surface area contributed by atoms with Crippen molar-refractivity contribution < 1.29 is 0 Å². The molecule has 0 aromatic heterocycles. The van der Waals surface area contributed by atoms with E-state index < -0.39 is 0 Å². The third-order valence-electron chi connectivity index (χ3n) is 3.59. The Bertz CT molecular complexity index is 358. The van der Waals surface area contributed by atoms with Crippen molar-refractivity contribution in [3.8, 4) is 0 Å². The summed E-state index contributed by atoms with van der Waals surface area (Å²) in [6.07, 6.45) is 1.26. The first-order valence-corrected chi connectivity index (χ1v) is 7.89. The van der Waals surface area contributed by atoms with Gasteiger partial charge in [-0.25, -0.2) is 0 Å². The summed E-state index contributed by atoms with van der Waals surface area (Å²) in [6, 6.07) is 8.76. The number of benzene rings is 1. The molecule has 0 spiro atoms. The Morgan fingerprint density at radius 2 is 1.79 bits per heavy atom. The monoisotopic (exact) mass is 279 g/mol. The summed E-state index contributed by atoms with van der Waals surface area (Å²) >= 11 is 4.20. The molecule has 4 heteroatoms. The van der Waals surface area contributed by atoms with E-state index in [4.69, 9.17) is 0 Å². The number of piperazine rings is 1. The molecule has 0 unspecified atom stereocenters. The maximum atomic E-state index is 4.20. The molecule has 1 aromatic carbocycles. The molecule has 1 fully saturated rings. The molecular weight excluding hydrogens is 254 g/mol. The molecule has 2 rings (SSSR count). The van der Waals surface area contributed by atoms with Crippen LogP contribution in [-0.4, -0.2) is 49.9 Å². The topological polar surface area (TPSA) is 18.5 Å². The van der Waals surface area contributed by atoms with Gasteiger partial charge in [-0.05, 0) is 37.2 Å². The van der Waals surface area contributed by atoms with Gasteiger partial charge in [-0.3, -0.25) is 4.90 Å². The zero-order valence-electron chi connectivity index (χ0n) is 11.8. The molecule has 106 valence electrons. The van der Waals surface area contributed by atoms with Crippen LogP contribution in [0, 0.1) is 0 Å². The Hall–Kier alpha value is -0.870. The van der Waals surface area contributed by atoms with Crippen molar-refractivity contribution in [3.05, 3.63) is 24.3 Å². The molecule has 1 heterocycles. The third kappa shape index (κ3) is 4.32. The average Bonchev–Trinajstić information content (AvgIpc) is 2.47. The predicted octanol–water partition coefficient (Wildman–Crippen LogP) is 2.56. The molecule has 1 saturated heterocycles. The molecular formula is C15H25N3S. The zero-order chi connectivity index (χ0) is 13.5. The van der Waals surface area contributed by atoms with Crippen LogP contribution in [0.1, 0.15) is 13.3 Å². The highest BCUT2D eigenvalue weighted by atomic mass is 32.1. The fourth-order valence-electron chi connectivity index (χ4n) is 2.54. The summed E-state index contributed by atoms with van der Waals surface area (Å²) in [5, 5.41) is 3.35. The lowest BCUT2D eigenvalue weighted by Gasteiger charge is -2.36. The van der Waals surface area contributed by atoms with Crippen LogP contribution in [0.3, 0.4) is 0 Å². The van der Waals surface area contributed by atoms with Gasteiger partial charge in [-0.1, -0.05) is 6.92 Å². The number of hydrogen-bond donors (Lipinski definition) is 2. The number of nitrogens with zero attached hydrogens (tertiary/aromatic N) is 2.